The van der Waals surface area contributed by atoms with Gasteiger partial charge in [0.15, 0.2) is 5.82 Å². The number of rotatable bonds is 4. The van der Waals surface area contributed by atoms with Crippen LogP contribution in [0.5, 0.6) is 0 Å². The number of nitrogens with one attached hydrogen (secondary N) is 1. The van der Waals surface area contributed by atoms with Gasteiger partial charge in [0.25, 0.3) is 0 Å². The lowest BCUT2D eigenvalue weighted by Gasteiger charge is -2.35. The minimum Gasteiger partial charge on any atom is -0.307 e. The molecule has 118 valence electrons. The van der Waals surface area contributed by atoms with Crippen LogP contribution in [0, 0.1) is 5.92 Å². The third kappa shape index (κ3) is 3.31. The van der Waals surface area contributed by atoms with Crippen molar-refractivity contribution in [3.05, 3.63) is 17.3 Å². The number of nitrogen functional groups attached to an aromatic ring is 1. The van der Waals surface area contributed by atoms with Gasteiger partial charge in [0, 0.05) is 19.3 Å². The summed E-state index contributed by atoms with van der Waals surface area (Å²) in [5.74, 6) is 5.86. The summed E-state index contributed by atoms with van der Waals surface area (Å²) in [7, 11) is -1.97. The van der Waals surface area contributed by atoms with Crippen LogP contribution in [0.25, 0.3) is 0 Å². The number of aromatic nitrogens is 1. The zero-order valence-electron chi connectivity index (χ0n) is 12.2. The smallest absolute Gasteiger partial charge is 0.244 e. The lowest BCUT2D eigenvalue weighted by Crippen LogP contribution is -2.42. The van der Waals surface area contributed by atoms with Crippen molar-refractivity contribution in [3.8, 4) is 0 Å². The molecule has 2 atom stereocenters. The molecule has 6 nitrogen and oxygen atoms in total. The van der Waals surface area contributed by atoms with Crippen molar-refractivity contribution in [3.63, 3.8) is 0 Å². The molecule has 0 amide bonds. The zero-order valence-corrected chi connectivity index (χ0v) is 13.8. The van der Waals surface area contributed by atoms with E-state index in [1.807, 2.05) is 0 Å². The second-order valence-corrected chi connectivity index (χ2v) is 7.90. The van der Waals surface area contributed by atoms with E-state index >= 15 is 0 Å². The number of sulfonamides is 1. The first-order chi connectivity index (χ1) is 9.87. The molecule has 1 aromatic heterocycles. The van der Waals surface area contributed by atoms with Gasteiger partial charge in [-0.25, -0.2) is 19.2 Å². The lowest BCUT2D eigenvalue weighted by atomic mass is 9.86. The third-order valence-corrected chi connectivity index (χ3v) is 6.30. The Kier molecular flexibility index (Phi) is 5.08. The molecule has 0 saturated heterocycles. The monoisotopic (exact) mass is 332 g/mol. The summed E-state index contributed by atoms with van der Waals surface area (Å²) in [6, 6.07) is 1.40. The summed E-state index contributed by atoms with van der Waals surface area (Å²) in [5, 5.41) is 0.184. The van der Waals surface area contributed by atoms with Gasteiger partial charge in [-0.3, -0.25) is 0 Å². The highest BCUT2D eigenvalue weighted by Gasteiger charge is 2.33. The maximum Gasteiger partial charge on any atom is 0.244 e. The summed E-state index contributed by atoms with van der Waals surface area (Å²) < 4.78 is 26.9. The Labute approximate surface area is 130 Å². The standard InChI is InChI=1S/C13H21ClN4O2S/c1-9-5-3-4-6-12(9)18(2)21(19,20)10-7-11(14)13(17-15)16-8-10/h7-9,12H,3-6,15H2,1-2H3,(H,16,17). The Morgan fingerprint density at radius 2 is 2.10 bits per heavy atom. The highest BCUT2D eigenvalue weighted by molar-refractivity contribution is 7.89. The molecule has 1 aliphatic carbocycles. The van der Waals surface area contributed by atoms with E-state index in [1.54, 1.807) is 7.05 Å². The van der Waals surface area contributed by atoms with Crippen LogP contribution < -0.4 is 11.3 Å². The zero-order chi connectivity index (χ0) is 15.6. The summed E-state index contributed by atoms with van der Waals surface area (Å²) in [6.45, 7) is 2.10. The van der Waals surface area contributed by atoms with Crippen molar-refractivity contribution in [1.82, 2.24) is 9.29 Å². The molecule has 0 radical (unpaired) electrons. The molecule has 0 aliphatic heterocycles. The molecule has 8 heteroatoms. The minimum absolute atomic E-state index is 0.0230. The van der Waals surface area contributed by atoms with Crippen LogP contribution >= 0.6 is 11.6 Å². The highest BCUT2D eigenvalue weighted by atomic mass is 35.5. The molecule has 1 heterocycles. The lowest BCUT2D eigenvalue weighted by molar-refractivity contribution is 0.213. The second kappa shape index (κ2) is 6.48. The van der Waals surface area contributed by atoms with Crippen molar-refractivity contribution in [2.24, 2.45) is 11.8 Å². The van der Waals surface area contributed by atoms with Crippen molar-refractivity contribution in [2.75, 3.05) is 12.5 Å². The molecular formula is C13H21ClN4O2S. The Morgan fingerprint density at radius 3 is 2.67 bits per heavy atom. The first-order valence-electron chi connectivity index (χ1n) is 6.98. The first-order valence-corrected chi connectivity index (χ1v) is 8.80. The molecule has 1 aromatic rings. The molecule has 1 saturated carbocycles. The molecule has 3 N–H and O–H groups in total. The summed E-state index contributed by atoms with van der Waals surface area (Å²) >= 11 is 5.97. The largest absolute Gasteiger partial charge is 0.307 e. The number of pyridine rings is 1. The molecule has 2 unspecified atom stereocenters. The van der Waals surface area contributed by atoms with E-state index in [-0.39, 0.29) is 21.8 Å². The maximum atomic E-state index is 12.7. The van der Waals surface area contributed by atoms with Gasteiger partial charge in [-0.15, -0.1) is 0 Å². The number of nitrogens with zero attached hydrogens (tertiary/aromatic N) is 2. The topological polar surface area (TPSA) is 88.3 Å². The molecular weight excluding hydrogens is 312 g/mol. The van der Waals surface area contributed by atoms with Gasteiger partial charge in [-0.05, 0) is 24.8 Å². The van der Waals surface area contributed by atoms with Crippen molar-refractivity contribution >= 4 is 27.4 Å². The highest BCUT2D eigenvalue weighted by Crippen LogP contribution is 2.31. The molecule has 0 bridgehead atoms. The van der Waals surface area contributed by atoms with Crippen LogP contribution in [0.2, 0.25) is 5.02 Å². The van der Waals surface area contributed by atoms with Crippen molar-refractivity contribution in [1.29, 1.82) is 0 Å². The number of hydrazine groups is 1. The van der Waals surface area contributed by atoms with Gasteiger partial charge >= 0.3 is 0 Å². The fraction of sp³-hybridized carbons (Fsp3) is 0.615. The van der Waals surface area contributed by atoms with Crippen LogP contribution in [0.4, 0.5) is 5.82 Å². The van der Waals surface area contributed by atoms with Crippen LogP contribution in [-0.2, 0) is 10.0 Å². The molecule has 0 aromatic carbocycles. The molecule has 21 heavy (non-hydrogen) atoms. The summed E-state index contributed by atoms with van der Waals surface area (Å²) in [4.78, 5) is 4.03. The fourth-order valence-electron chi connectivity index (χ4n) is 2.85. The van der Waals surface area contributed by atoms with E-state index in [4.69, 9.17) is 17.4 Å². The van der Waals surface area contributed by atoms with Gasteiger partial charge in [0.05, 0.1) is 5.02 Å². The Balaban J connectivity index is 2.30. The molecule has 2 rings (SSSR count). The molecule has 0 spiro atoms. The Hall–Kier alpha value is -0.890. The van der Waals surface area contributed by atoms with E-state index in [0.717, 1.165) is 25.7 Å². The van der Waals surface area contributed by atoms with Crippen molar-refractivity contribution < 1.29 is 8.42 Å². The predicted molar refractivity (Wildman–Crippen MR) is 83.4 cm³/mol. The van der Waals surface area contributed by atoms with E-state index in [0.29, 0.717) is 5.92 Å². The van der Waals surface area contributed by atoms with Gasteiger partial charge in [0.2, 0.25) is 10.0 Å². The van der Waals surface area contributed by atoms with E-state index in [2.05, 4.69) is 17.3 Å². The maximum absolute atomic E-state index is 12.7. The van der Waals surface area contributed by atoms with E-state index < -0.39 is 10.0 Å². The quantitative estimate of drug-likeness (QED) is 0.652. The number of nitrogens with two attached hydrogens (primary N) is 1. The van der Waals surface area contributed by atoms with Crippen LogP contribution in [-0.4, -0.2) is 30.8 Å². The number of hydrogen-bond acceptors (Lipinski definition) is 5. The van der Waals surface area contributed by atoms with Gasteiger partial charge in [-0.1, -0.05) is 31.4 Å². The molecule has 1 aliphatic rings. The number of hydrogen-bond donors (Lipinski definition) is 2. The number of halogens is 1. The van der Waals surface area contributed by atoms with Gasteiger partial charge in [-0.2, -0.15) is 4.31 Å². The van der Waals surface area contributed by atoms with Crippen molar-refractivity contribution in [2.45, 2.75) is 43.5 Å². The first kappa shape index (κ1) is 16.5. The summed E-state index contributed by atoms with van der Waals surface area (Å²) in [6.07, 6.45) is 5.44. The predicted octanol–water partition coefficient (Wildman–Crippen LogP) is 2.22. The Bertz CT molecular complexity index is 608. The van der Waals surface area contributed by atoms with Gasteiger partial charge in [0.1, 0.15) is 4.90 Å². The molecule has 1 fully saturated rings. The SMILES string of the molecule is CC1CCCCC1N(C)S(=O)(=O)c1cnc(NN)c(Cl)c1. The average Bonchev–Trinajstić information content (AvgIpc) is 2.47. The van der Waals surface area contributed by atoms with Crippen LogP contribution in [0.15, 0.2) is 17.2 Å². The fourth-order valence-corrected chi connectivity index (χ4v) is 4.59. The van der Waals surface area contributed by atoms with Crippen LogP contribution in [0.3, 0.4) is 0 Å². The average molecular weight is 333 g/mol. The normalized spacial score (nSPS) is 23.3. The number of anilines is 1. The van der Waals surface area contributed by atoms with Crippen LogP contribution in [0.1, 0.15) is 32.6 Å². The summed E-state index contributed by atoms with van der Waals surface area (Å²) in [5.41, 5.74) is 2.32. The van der Waals surface area contributed by atoms with Gasteiger partial charge < -0.3 is 5.43 Å². The van der Waals surface area contributed by atoms with E-state index in [1.165, 1.54) is 16.6 Å². The van der Waals surface area contributed by atoms with E-state index in [9.17, 15) is 8.42 Å². The minimum atomic E-state index is -3.60. The second-order valence-electron chi connectivity index (χ2n) is 5.50. The third-order valence-electron chi connectivity index (χ3n) is 4.16. The Morgan fingerprint density at radius 1 is 1.43 bits per heavy atom.